The number of nitrogens with two attached hydrogens (primary N) is 1. The van der Waals surface area contributed by atoms with Gasteiger partial charge in [0.05, 0.1) is 6.42 Å². The number of benzene rings is 1. The van der Waals surface area contributed by atoms with Gasteiger partial charge in [0, 0.05) is 19.3 Å². The van der Waals surface area contributed by atoms with Gasteiger partial charge in [0.15, 0.2) is 0 Å². The van der Waals surface area contributed by atoms with Crippen LogP contribution in [0, 0.1) is 0 Å². The Balaban J connectivity index is 2.62. The zero-order chi connectivity index (χ0) is 11.3. The van der Waals surface area contributed by atoms with Crippen LogP contribution in [-0.2, 0) is 11.2 Å². The van der Waals surface area contributed by atoms with E-state index in [2.05, 4.69) is 6.92 Å². The second kappa shape index (κ2) is 5.39. The highest BCUT2D eigenvalue weighted by molar-refractivity contribution is 5.80. The number of carbonyl (C=O) groups is 1. The standard InChI is InChI=1S/C12H18N2O/c1-3-8-14(2)12(15)9-10-6-4-5-7-11(10)13/h4-7H,3,8-9,13H2,1-2H3. The van der Waals surface area contributed by atoms with Crippen LogP contribution < -0.4 is 5.73 Å². The Bertz CT molecular complexity index is 336. The molecular formula is C12H18N2O. The van der Waals surface area contributed by atoms with Crippen molar-refractivity contribution in [2.24, 2.45) is 0 Å². The molecule has 82 valence electrons. The summed E-state index contributed by atoms with van der Waals surface area (Å²) in [5, 5.41) is 0. The number of hydrogen-bond donors (Lipinski definition) is 1. The number of carbonyl (C=O) groups excluding carboxylic acids is 1. The molecule has 3 nitrogen and oxygen atoms in total. The summed E-state index contributed by atoms with van der Waals surface area (Å²) in [5.74, 6) is 0.120. The van der Waals surface area contributed by atoms with Crippen molar-refractivity contribution in [3.8, 4) is 0 Å². The second-order valence-corrected chi connectivity index (χ2v) is 3.69. The van der Waals surface area contributed by atoms with Gasteiger partial charge in [-0.3, -0.25) is 4.79 Å². The molecule has 0 fully saturated rings. The Morgan fingerprint density at radius 3 is 2.67 bits per heavy atom. The van der Waals surface area contributed by atoms with Crippen molar-refractivity contribution in [1.29, 1.82) is 0 Å². The highest BCUT2D eigenvalue weighted by atomic mass is 16.2. The van der Waals surface area contributed by atoms with Crippen LogP contribution in [0.3, 0.4) is 0 Å². The summed E-state index contributed by atoms with van der Waals surface area (Å²) >= 11 is 0. The number of nitrogen functional groups attached to an aromatic ring is 1. The lowest BCUT2D eigenvalue weighted by atomic mass is 10.1. The number of rotatable bonds is 4. The summed E-state index contributed by atoms with van der Waals surface area (Å²) in [5.41, 5.74) is 7.37. The van der Waals surface area contributed by atoms with Gasteiger partial charge in [-0.2, -0.15) is 0 Å². The Morgan fingerprint density at radius 2 is 2.07 bits per heavy atom. The molecule has 2 N–H and O–H groups in total. The van der Waals surface area contributed by atoms with Crippen LogP contribution in [0.1, 0.15) is 18.9 Å². The van der Waals surface area contributed by atoms with Crippen LogP contribution >= 0.6 is 0 Å². The van der Waals surface area contributed by atoms with Gasteiger partial charge in [0.25, 0.3) is 0 Å². The van der Waals surface area contributed by atoms with Gasteiger partial charge in [-0.1, -0.05) is 25.1 Å². The summed E-state index contributed by atoms with van der Waals surface area (Å²) < 4.78 is 0. The predicted octanol–water partition coefficient (Wildman–Crippen LogP) is 1.68. The SMILES string of the molecule is CCCN(C)C(=O)Cc1ccccc1N. The quantitative estimate of drug-likeness (QED) is 0.762. The maximum atomic E-state index is 11.7. The average molecular weight is 206 g/mol. The zero-order valence-electron chi connectivity index (χ0n) is 9.36. The number of hydrogen-bond acceptors (Lipinski definition) is 2. The molecule has 1 aromatic carbocycles. The number of likely N-dealkylation sites (N-methyl/N-ethyl adjacent to an activating group) is 1. The van der Waals surface area contributed by atoms with Crippen molar-refractivity contribution in [3.05, 3.63) is 29.8 Å². The zero-order valence-corrected chi connectivity index (χ0v) is 9.36. The lowest BCUT2D eigenvalue weighted by Crippen LogP contribution is -2.29. The first-order valence-electron chi connectivity index (χ1n) is 5.22. The maximum Gasteiger partial charge on any atom is 0.226 e. The monoisotopic (exact) mass is 206 g/mol. The molecule has 0 aliphatic carbocycles. The minimum Gasteiger partial charge on any atom is -0.398 e. The third kappa shape index (κ3) is 3.27. The summed E-state index contributed by atoms with van der Waals surface area (Å²) in [6.45, 7) is 2.85. The van der Waals surface area contributed by atoms with E-state index >= 15 is 0 Å². The van der Waals surface area contributed by atoms with E-state index in [9.17, 15) is 4.79 Å². The first kappa shape index (κ1) is 11.6. The Hall–Kier alpha value is -1.51. The van der Waals surface area contributed by atoms with E-state index in [-0.39, 0.29) is 5.91 Å². The molecule has 0 aliphatic rings. The van der Waals surface area contributed by atoms with Gasteiger partial charge in [-0.05, 0) is 18.1 Å². The second-order valence-electron chi connectivity index (χ2n) is 3.69. The molecule has 0 heterocycles. The topological polar surface area (TPSA) is 46.3 Å². The first-order valence-corrected chi connectivity index (χ1v) is 5.22. The van der Waals surface area contributed by atoms with Gasteiger partial charge in [-0.25, -0.2) is 0 Å². The molecule has 0 aromatic heterocycles. The van der Waals surface area contributed by atoms with Crippen molar-refractivity contribution >= 4 is 11.6 Å². The summed E-state index contributed by atoms with van der Waals surface area (Å²) in [6.07, 6.45) is 1.37. The lowest BCUT2D eigenvalue weighted by Gasteiger charge is -2.16. The van der Waals surface area contributed by atoms with Crippen molar-refractivity contribution in [2.45, 2.75) is 19.8 Å². The van der Waals surface area contributed by atoms with E-state index in [4.69, 9.17) is 5.73 Å². The molecule has 0 saturated carbocycles. The average Bonchev–Trinajstić information content (AvgIpc) is 2.21. The minimum absolute atomic E-state index is 0.120. The number of nitrogens with zero attached hydrogens (tertiary/aromatic N) is 1. The molecule has 1 aromatic rings. The largest absolute Gasteiger partial charge is 0.398 e. The van der Waals surface area contributed by atoms with Crippen molar-refractivity contribution < 1.29 is 4.79 Å². The van der Waals surface area contributed by atoms with E-state index in [0.717, 1.165) is 18.5 Å². The molecule has 3 heteroatoms. The molecule has 0 radical (unpaired) electrons. The Labute approximate surface area is 90.9 Å². The predicted molar refractivity (Wildman–Crippen MR) is 62.5 cm³/mol. The van der Waals surface area contributed by atoms with Crippen LogP contribution in [0.2, 0.25) is 0 Å². The highest BCUT2D eigenvalue weighted by Gasteiger charge is 2.09. The third-order valence-corrected chi connectivity index (χ3v) is 2.38. The summed E-state index contributed by atoms with van der Waals surface area (Å²) in [4.78, 5) is 13.5. The molecule has 0 saturated heterocycles. The lowest BCUT2D eigenvalue weighted by molar-refractivity contribution is -0.129. The molecule has 0 unspecified atom stereocenters. The van der Waals surface area contributed by atoms with Crippen LogP contribution in [0.15, 0.2) is 24.3 Å². The molecule has 1 amide bonds. The van der Waals surface area contributed by atoms with E-state index in [1.54, 1.807) is 4.90 Å². The highest BCUT2D eigenvalue weighted by Crippen LogP contribution is 2.11. The van der Waals surface area contributed by atoms with Crippen molar-refractivity contribution in [1.82, 2.24) is 4.90 Å². The van der Waals surface area contributed by atoms with Crippen LogP contribution in [0.4, 0.5) is 5.69 Å². The number of para-hydroxylation sites is 1. The molecule has 0 aliphatic heterocycles. The molecular weight excluding hydrogens is 188 g/mol. The molecule has 0 bridgehead atoms. The normalized spacial score (nSPS) is 10.0. The van der Waals surface area contributed by atoms with Crippen LogP contribution in [-0.4, -0.2) is 24.4 Å². The Kier molecular flexibility index (Phi) is 4.16. The molecule has 0 atom stereocenters. The smallest absolute Gasteiger partial charge is 0.226 e. The van der Waals surface area contributed by atoms with Crippen molar-refractivity contribution in [2.75, 3.05) is 19.3 Å². The first-order chi connectivity index (χ1) is 7.15. The Morgan fingerprint density at radius 1 is 1.40 bits per heavy atom. The van der Waals surface area contributed by atoms with Crippen LogP contribution in [0.25, 0.3) is 0 Å². The van der Waals surface area contributed by atoms with Gasteiger partial charge in [0.1, 0.15) is 0 Å². The molecule has 1 rings (SSSR count). The van der Waals surface area contributed by atoms with Crippen LogP contribution in [0.5, 0.6) is 0 Å². The fourth-order valence-corrected chi connectivity index (χ4v) is 1.45. The van der Waals surface area contributed by atoms with E-state index < -0.39 is 0 Å². The van der Waals surface area contributed by atoms with E-state index in [0.29, 0.717) is 12.1 Å². The summed E-state index contributed by atoms with van der Waals surface area (Å²) in [6, 6.07) is 7.49. The maximum absolute atomic E-state index is 11.7. The fourth-order valence-electron chi connectivity index (χ4n) is 1.45. The number of anilines is 1. The van der Waals surface area contributed by atoms with Gasteiger partial charge < -0.3 is 10.6 Å². The number of amides is 1. The van der Waals surface area contributed by atoms with Gasteiger partial charge >= 0.3 is 0 Å². The van der Waals surface area contributed by atoms with Gasteiger partial charge in [0.2, 0.25) is 5.91 Å². The van der Waals surface area contributed by atoms with E-state index in [1.807, 2.05) is 31.3 Å². The van der Waals surface area contributed by atoms with E-state index in [1.165, 1.54) is 0 Å². The fraction of sp³-hybridized carbons (Fsp3) is 0.417. The minimum atomic E-state index is 0.120. The molecule has 0 spiro atoms. The molecule has 15 heavy (non-hydrogen) atoms. The third-order valence-electron chi connectivity index (χ3n) is 2.38. The summed E-state index contributed by atoms with van der Waals surface area (Å²) in [7, 11) is 1.82. The van der Waals surface area contributed by atoms with Gasteiger partial charge in [-0.15, -0.1) is 0 Å². The van der Waals surface area contributed by atoms with Crippen molar-refractivity contribution in [3.63, 3.8) is 0 Å².